The first-order valence-electron chi connectivity index (χ1n) is 4.23. The van der Waals surface area contributed by atoms with Crippen LogP contribution in [0.5, 0.6) is 5.75 Å². The van der Waals surface area contributed by atoms with Gasteiger partial charge in [-0.2, -0.15) is 11.8 Å². The SMILES string of the molecule is CSC(Cc1ccc(O)cc1)C(N)=O. The van der Waals surface area contributed by atoms with Gasteiger partial charge in [0.15, 0.2) is 0 Å². The minimum Gasteiger partial charge on any atom is -0.508 e. The van der Waals surface area contributed by atoms with Crippen molar-refractivity contribution in [2.24, 2.45) is 5.73 Å². The minimum absolute atomic E-state index is 0.195. The lowest BCUT2D eigenvalue weighted by molar-refractivity contribution is -0.117. The van der Waals surface area contributed by atoms with Gasteiger partial charge in [-0.3, -0.25) is 4.79 Å². The van der Waals surface area contributed by atoms with E-state index in [1.807, 2.05) is 6.26 Å². The predicted octanol–water partition coefficient (Wildman–Crippen LogP) is 1.15. The van der Waals surface area contributed by atoms with Crippen molar-refractivity contribution in [3.8, 4) is 5.75 Å². The number of hydrogen-bond acceptors (Lipinski definition) is 3. The third-order valence-electron chi connectivity index (χ3n) is 1.96. The second-order valence-electron chi connectivity index (χ2n) is 3.00. The lowest BCUT2D eigenvalue weighted by Crippen LogP contribution is -2.27. The van der Waals surface area contributed by atoms with Gasteiger partial charge in [-0.05, 0) is 30.4 Å². The van der Waals surface area contributed by atoms with E-state index in [0.717, 1.165) is 5.56 Å². The van der Waals surface area contributed by atoms with Gasteiger partial charge in [-0.1, -0.05) is 12.1 Å². The zero-order valence-electron chi connectivity index (χ0n) is 7.93. The Morgan fingerprint density at radius 3 is 2.50 bits per heavy atom. The fourth-order valence-electron chi connectivity index (χ4n) is 1.15. The Balaban J connectivity index is 2.67. The van der Waals surface area contributed by atoms with Crippen LogP contribution < -0.4 is 5.73 Å². The van der Waals surface area contributed by atoms with Gasteiger partial charge >= 0.3 is 0 Å². The number of aromatic hydroxyl groups is 1. The number of amides is 1. The summed E-state index contributed by atoms with van der Waals surface area (Å²) in [5, 5.41) is 8.87. The van der Waals surface area contributed by atoms with E-state index < -0.39 is 0 Å². The smallest absolute Gasteiger partial charge is 0.230 e. The molecular formula is C10H13NO2S. The lowest BCUT2D eigenvalue weighted by atomic mass is 10.1. The van der Waals surface area contributed by atoms with Crippen LogP contribution in [-0.4, -0.2) is 22.5 Å². The largest absolute Gasteiger partial charge is 0.508 e. The molecular weight excluding hydrogens is 198 g/mol. The normalized spacial score (nSPS) is 12.4. The van der Waals surface area contributed by atoms with E-state index in [2.05, 4.69) is 0 Å². The van der Waals surface area contributed by atoms with E-state index in [0.29, 0.717) is 6.42 Å². The molecule has 14 heavy (non-hydrogen) atoms. The molecule has 3 N–H and O–H groups in total. The summed E-state index contributed by atoms with van der Waals surface area (Å²) in [4.78, 5) is 11.0. The summed E-state index contributed by atoms with van der Waals surface area (Å²) in [5.41, 5.74) is 6.22. The molecule has 0 aliphatic carbocycles. The van der Waals surface area contributed by atoms with Crippen molar-refractivity contribution in [3.63, 3.8) is 0 Å². The van der Waals surface area contributed by atoms with E-state index in [1.54, 1.807) is 24.3 Å². The molecule has 0 heterocycles. The van der Waals surface area contributed by atoms with Crippen molar-refractivity contribution in [1.29, 1.82) is 0 Å². The van der Waals surface area contributed by atoms with Crippen LogP contribution >= 0.6 is 11.8 Å². The highest BCUT2D eigenvalue weighted by atomic mass is 32.2. The summed E-state index contributed by atoms with van der Waals surface area (Å²) in [6.07, 6.45) is 2.46. The lowest BCUT2D eigenvalue weighted by Gasteiger charge is -2.09. The van der Waals surface area contributed by atoms with Crippen LogP contribution in [-0.2, 0) is 11.2 Å². The van der Waals surface area contributed by atoms with Crippen molar-refractivity contribution in [3.05, 3.63) is 29.8 Å². The Bertz CT molecular complexity index is 310. The molecule has 0 spiro atoms. The summed E-state index contributed by atoms with van der Waals surface area (Å²) in [7, 11) is 0. The zero-order valence-corrected chi connectivity index (χ0v) is 8.75. The first-order valence-corrected chi connectivity index (χ1v) is 5.52. The van der Waals surface area contributed by atoms with Crippen molar-refractivity contribution < 1.29 is 9.90 Å². The number of carbonyl (C=O) groups is 1. The summed E-state index contributed by atoms with van der Waals surface area (Å²) in [6.45, 7) is 0. The maximum absolute atomic E-state index is 11.0. The quantitative estimate of drug-likeness (QED) is 0.785. The second kappa shape index (κ2) is 4.91. The van der Waals surface area contributed by atoms with Crippen LogP contribution in [0.1, 0.15) is 5.56 Å². The Labute approximate surface area is 87.3 Å². The van der Waals surface area contributed by atoms with Crippen molar-refractivity contribution in [1.82, 2.24) is 0 Å². The topological polar surface area (TPSA) is 63.3 Å². The summed E-state index contributed by atoms with van der Waals surface area (Å²) in [6, 6.07) is 6.80. The van der Waals surface area contributed by atoms with E-state index in [1.165, 1.54) is 11.8 Å². The van der Waals surface area contributed by atoms with Gasteiger partial charge in [0.2, 0.25) is 5.91 Å². The Morgan fingerprint density at radius 2 is 2.07 bits per heavy atom. The molecule has 4 heteroatoms. The van der Waals surface area contributed by atoms with Gasteiger partial charge in [-0.25, -0.2) is 0 Å². The fraction of sp³-hybridized carbons (Fsp3) is 0.300. The minimum atomic E-state index is -0.300. The molecule has 1 amide bonds. The number of rotatable bonds is 4. The predicted molar refractivity (Wildman–Crippen MR) is 58.3 cm³/mol. The number of thioether (sulfide) groups is 1. The summed E-state index contributed by atoms with van der Waals surface area (Å²) in [5.74, 6) is -0.0703. The van der Waals surface area contributed by atoms with E-state index in [-0.39, 0.29) is 16.9 Å². The summed E-state index contributed by atoms with van der Waals surface area (Å²) < 4.78 is 0. The molecule has 1 aromatic rings. The van der Waals surface area contributed by atoms with Gasteiger partial charge in [0.05, 0.1) is 5.25 Å². The molecule has 0 aliphatic rings. The van der Waals surface area contributed by atoms with Gasteiger partial charge < -0.3 is 10.8 Å². The molecule has 76 valence electrons. The molecule has 0 saturated carbocycles. The Morgan fingerprint density at radius 1 is 1.50 bits per heavy atom. The maximum atomic E-state index is 11.0. The van der Waals surface area contributed by atoms with Gasteiger partial charge in [0.1, 0.15) is 5.75 Å². The molecule has 0 bridgehead atoms. The van der Waals surface area contributed by atoms with Crippen LogP contribution in [0.3, 0.4) is 0 Å². The number of nitrogens with two attached hydrogens (primary N) is 1. The van der Waals surface area contributed by atoms with E-state index in [4.69, 9.17) is 10.8 Å². The highest BCUT2D eigenvalue weighted by Gasteiger charge is 2.13. The average molecular weight is 211 g/mol. The number of hydrogen-bond donors (Lipinski definition) is 2. The number of primary amides is 1. The van der Waals surface area contributed by atoms with Crippen molar-refractivity contribution in [2.75, 3.05) is 6.26 Å². The number of phenols is 1. The number of carbonyl (C=O) groups excluding carboxylic acids is 1. The average Bonchev–Trinajstić information content (AvgIpc) is 2.16. The molecule has 0 aromatic heterocycles. The molecule has 1 atom stereocenters. The molecule has 0 radical (unpaired) electrons. The van der Waals surface area contributed by atoms with Gasteiger partial charge in [0.25, 0.3) is 0 Å². The van der Waals surface area contributed by atoms with Crippen LogP contribution in [0.15, 0.2) is 24.3 Å². The Kier molecular flexibility index (Phi) is 3.83. The fourth-order valence-corrected chi connectivity index (χ4v) is 1.74. The molecule has 0 aliphatic heterocycles. The van der Waals surface area contributed by atoms with Crippen LogP contribution in [0, 0.1) is 0 Å². The molecule has 1 rings (SSSR count). The molecule has 0 fully saturated rings. The monoisotopic (exact) mass is 211 g/mol. The first kappa shape index (κ1) is 10.9. The highest BCUT2D eigenvalue weighted by Crippen LogP contribution is 2.16. The van der Waals surface area contributed by atoms with Gasteiger partial charge in [0, 0.05) is 0 Å². The molecule has 1 unspecified atom stereocenters. The van der Waals surface area contributed by atoms with Crippen LogP contribution in [0.25, 0.3) is 0 Å². The zero-order chi connectivity index (χ0) is 10.6. The first-order chi connectivity index (χ1) is 6.63. The number of phenolic OH excluding ortho intramolecular Hbond substituents is 1. The number of benzene rings is 1. The highest BCUT2D eigenvalue weighted by molar-refractivity contribution is 7.99. The third-order valence-corrected chi connectivity index (χ3v) is 2.93. The van der Waals surface area contributed by atoms with Crippen LogP contribution in [0.4, 0.5) is 0 Å². The van der Waals surface area contributed by atoms with Crippen molar-refractivity contribution >= 4 is 17.7 Å². The maximum Gasteiger partial charge on any atom is 0.230 e. The summed E-state index contributed by atoms with van der Waals surface area (Å²) >= 11 is 1.44. The standard InChI is InChI=1S/C10H13NO2S/c1-14-9(10(11)13)6-7-2-4-8(12)5-3-7/h2-5,9,12H,6H2,1H3,(H2,11,13). The molecule has 3 nitrogen and oxygen atoms in total. The van der Waals surface area contributed by atoms with E-state index in [9.17, 15) is 4.79 Å². The van der Waals surface area contributed by atoms with E-state index >= 15 is 0 Å². The Hall–Kier alpha value is -1.16. The van der Waals surface area contributed by atoms with Crippen molar-refractivity contribution in [2.45, 2.75) is 11.7 Å². The van der Waals surface area contributed by atoms with Gasteiger partial charge in [-0.15, -0.1) is 0 Å². The third kappa shape index (κ3) is 2.96. The molecule has 0 saturated heterocycles. The molecule has 1 aromatic carbocycles. The second-order valence-corrected chi connectivity index (χ2v) is 4.04. The van der Waals surface area contributed by atoms with Crippen LogP contribution in [0.2, 0.25) is 0 Å².